The van der Waals surface area contributed by atoms with Gasteiger partial charge in [0, 0.05) is 13.0 Å². The zero-order valence-corrected chi connectivity index (χ0v) is 13.1. The number of fused-ring (bicyclic) bond motifs is 1. The second kappa shape index (κ2) is 6.32. The molecule has 2 aromatic rings. The molecule has 1 heterocycles. The zero-order chi connectivity index (χ0) is 17.3. The van der Waals surface area contributed by atoms with Gasteiger partial charge in [0.2, 0.25) is 5.91 Å². The Kier molecular flexibility index (Phi) is 4.36. The first-order valence-electron chi connectivity index (χ1n) is 7.68. The van der Waals surface area contributed by atoms with Crippen LogP contribution in [0.4, 0.5) is 13.2 Å². The number of carbonyl (C=O) groups excluding carboxylic acids is 1. The average molecular weight is 338 g/mol. The molecule has 1 N–H and O–H groups in total. The fourth-order valence-corrected chi connectivity index (χ4v) is 2.99. The predicted molar refractivity (Wildman–Crippen MR) is 83.4 cm³/mol. The van der Waals surface area contributed by atoms with Gasteiger partial charge in [-0.1, -0.05) is 24.3 Å². The van der Waals surface area contributed by atoms with Gasteiger partial charge in [-0.15, -0.1) is 0 Å². The van der Waals surface area contributed by atoms with Crippen molar-refractivity contribution < 1.29 is 22.7 Å². The Balaban J connectivity index is 2.09. The third-order valence-corrected chi connectivity index (χ3v) is 3.96. The van der Waals surface area contributed by atoms with Crippen molar-refractivity contribution in [2.24, 2.45) is 0 Å². The number of benzene rings is 2. The number of nitrogens with zero attached hydrogens (tertiary/aromatic N) is 1. The monoisotopic (exact) mass is 338 g/mol. The van der Waals surface area contributed by atoms with Crippen LogP contribution in [0, 0.1) is 0 Å². The molecule has 0 aromatic heterocycles. The van der Waals surface area contributed by atoms with E-state index in [0.717, 1.165) is 5.01 Å². The highest BCUT2D eigenvalue weighted by Gasteiger charge is 2.47. The van der Waals surface area contributed by atoms with E-state index in [9.17, 15) is 18.0 Å². The molecule has 0 radical (unpaired) electrons. The number of alkyl halides is 3. The maximum Gasteiger partial charge on any atom is 0.409 e. The quantitative estimate of drug-likeness (QED) is 0.926. The maximum atomic E-state index is 13.7. The first kappa shape index (κ1) is 16.6. The molecule has 0 saturated carbocycles. The Hall–Kier alpha value is -2.28. The highest BCUT2D eigenvalue weighted by atomic mass is 19.4. The van der Waals surface area contributed by atoms with E-state index in [0.29, 0.717) is 23.1 Å². The summed E-state index contributed by atoms with van der Waals surface area (Å²) in [6, 6.07) is 7.91. The van der Waals surface area contributed by atoms with Crippen LogP contribution in [0.25, 0.3) is 10.8 Å². The summed E-state index contributed by atoms with van der Waals surface area (Å²) in [5, 5.41) is 2.12. The van der Waals surface area contributed by atoms with Gasteiger partial charge < -0.3 is 4.74 Å². The van der Waals surface area contributed by atoms with Crippen molar-refractivity contribution in [1.82, 2.24) is 10.4 Å². The van der Waals surface area contributed by atoms with E-state index in [1.807, 2.05) is 6.92 Å². The second-order valence-corrected chi connectivity index (χ2v) is 5.59. The van der Waals surface area contributed by atoms with Gasteiger partial charge in [-0.3, -0.25) is 10.2 Å². The Morgan fingerprint density at radius 1 is 1.29 bits per heavy atom. The van der Waals surface area contributed by atoms with Crippen LogP contribution < -0.4 is 10.2 Å². The number of hydrogen-bond acceptors (Lipinski definition) is 3. The van der Waals surface area contributed by atoms with E-state index in [1.54, 1.807) is 30.3 Å². The summed E-state index contributed by atoms with van der Waals surface area (Å²) in [7, 11) is 0. The number of hydrazine groups is 1. The predicted octanol–water partition coefficient (Wildman–Crippen LogP) is 3.58. The van der Waals surface area contributed by atoms with Crippen molar-refractivity contribution in [3.05, 3.63) is 42.0 Å². The fourth-order valence-electron chi connectivity index (χ4n) is 2.99. The Morgan fingerprint density at radius 2 is 2.08 bits per heavy atom. The zero-order valence-electron chi connectivity index (χ0n) is 13.1. The normalized spacial score (nSPS) is 17.1. The van der Waals surface area contributed by atoms with Gasteiger partial charge in [0.15, 0.2) is 6.04 Å². The number of amides is 1. The van der Waals surface area contributed by atoms with Crippen molar-refractivity contribution in [2.75, 3.05) is 13.2 Å². The molecule has 0 spiro atoms. The second-order valence-electron chi connectivity index (χ2n) is 5.59. The Labute approximate surface area is 137 Å². The van der Waals surface area contributed by atoms with Crippen molar-refractivity contribution in [3.63, 3.8) is 0 Å². The molecular formula is C17H17F3N2O2. The van der Waals surface area contributed by atoms with Crippen LogP contribution in [0.2, 0.25) is 0 Å². The Morgan fingerprint density at radius 3 is 2.71 bits per heavy atom. The number of ether oxygens (including phenoxy) is 1. The molecule has 24 heavy (non-hydrogen) atoms. The Bertz CT molecular complexity index is 761. The third-order valence-electron chi connectivity index (χ3n) is 3.96. The van der Waals surface area contributed by atoms with Gasteiger partial charge in [-0.05, 0) is 35.4 Å². The lowest BCUT2D eigenvalue weighted by molar-refractivity contribution is -0.190. The SMILES string of the molecule is CCOc1ccc2c([C@H](N3CCC(=O)N3)C(F)(F)F)cccc2c1. The molecule has 0 bridgehead atoms. The summed E-state index contributed by atoms with van der Waals surface area (Å²) in [6.45, 7) is 2.35. The average Bonchev–Trinajstić information content (AvgIpc) is 2.92. The van der Waals surface area contributed by atoms with Crippen molar-refractivity contribution in [3.8, 4) is 5.75 Å². The maximum absolute atomic E-state index is 13.7. The summed E-state index contributed by atoms with van der Waals surface area (Å²) in [5.41, 5.74) is 2.42. The minimum Gasteiger partial charge on any atom is -0.494 e. The van der Waals surface area contributed by atoms with E-state index in [2.05, 4.69) is 5.43 Å². The van der Waals surface area contributed by atoms with Crippen LogP contribution in [0.1, 0.15) is 24.9 Å². The number of carbonyl (C=O) groups is 1. The molecule has 0 aliphatic carbocycles. The molecule has 2 aromatic carbocycles. The van der Waals surface area contributed by atoms with Crippen LogP contribution in [-0.2, 0) is 4.79 Å². The van der Waals surface area contributed by atoms with Crippen LogP contribution in [0.15, 0.2) is 36.4 Å². The molecule has 1 atom stereocenters. The molecule has 7 heteroatoms. The largest absolute Gasteiger partial charge is 0.494 e. The molecular weight excluding hydrogens is 321 g/mol. The van der Waals surface area contributed by atoms with Crippen LogP contribution in [-0.4, -0.2) is 30.2 Å². The van der Waals surface area contributed by atoms with E-state index in [4.69, 9.17) is 4.74 Å². The first-order valence-corrected chi connectivity index (χ1v) is 7.68. The number of hydrogen-bond donors (Lipinski definition) is 1. The summed E-state index contributed by atoms with van der Waals surface area (Å²) < 4.78 is 46.5. The van der Waals surface area contributed by atoms with E-state index >= 15 is 0 Å². The third kappa shape index (κ3) is 3.17. The number of rotatable bonds is 4. The van der Waals surface area contributed by atoms with Gasteiger partial charge in [-0.25, -0.2) is 5.01 Å². The molecule has 1 aliphatic rings. The molecule has 1 amide bonds. The standard InChI is InChI=1S/C17H17F3N2O2/c1-2-24-12-6-7-13-11(10-12)4-3-5-14(13)16(17(18,19)20)22-9-8-15(23)21-22/h3-7,10,16H,2,8-9H2,1H3,(H,21,23)/t16-/m0/s1. The van der Waals surface area contributed by atoms with E-state index in [1.165, 1.54) is 6.07 Å². The van der Waals surface area contributed by atoms with Crippen LogP contribution >= 0.6 is 0 Å². The smallest absolute Gasteiger partial charge is 0.409 e. The molecule has 1 aliphatic heterocycles. The lowest BCUT2D eigenvalue weighted by Gasteiger charge is -2.30. The number of halogens is 3. The first-order chi connectivity index (χ1) is 11.4. The number of nitrogens with one attached hydrogen (secondary N) is 1. The summed E-state index contributed by atoms with van der Waals surface area (Å²) in [6.07, 6.45) is -4.45. The van der Waals surface area contributed by atoms with E-state index < -0.39 is 18.1 Å². The van der Waals surface area contributed by atoms with Crippen molar-refractivity contribution >= 4 is 16.7 Å². The summed E-state index contributed by atoms with van der Waals surface area (Å²) in [4.78, 5) is 11.4. The lowest BCUT2D eigenvalue weighted by Crippen LogP contribution is -2.43. The highest BCUT2D eigenvalue weighted by molar-refractivity contribution is 5.87. The van der Waals surface area contributed by atoms with Gasteiger partial charge in [0.1, 0.15) is 5.75 Å². The van der Waals surface area contributed by atoms with Gasteiger partial charge in [-0.2, -0.15) is 13.2 Å². The lowest BCUT2D eigenvalue weighted by atomic mass is 9.97. The molecule has 4 nitrogen and oxygen atoms in total. The fraction of sp³-hybridized carbons (Fsp3) is 0.353. The van der Waals surface area contributed by atoms with Crippen molar-refractivity contribution in [2.45, 2.75) is 25.6 Å². The van der Waals surface area contributed by atoms with Gasteiger partial charge >= 0.3 is 6.18 Å². The molecule has 1 saturated heterocycles. The van der Waals surface area contributed by atoms with Gasteiger partial charge in [0.25, 0.3) is 0 Å². The highest BCUT2D eigenvalue weighted by Crippen LogP contribution is 2.41. The molecule has 1 fully saturated rings. The van der Waals surface area contributed by atoms with Crippen LogP contribution in [0.3, 0.4) is 0 Å². The minimum atomic E-state index is -4.51. The summed E-state index contributed by atoms with van der Waals surface area (Å²) >= 11 is 0. The molecule has 128 valence electrons. The molecule has 3 rings (SSSR count). The topological polar surface area (TPSA) is 41.6 Å². The van der Waals surface area contributed by atoms with Crippen molar-refractivity contribution in [1.29, 1.82) is 0 Å². The summed E-state index contributed by atoms with van der Waals surface area (Å²) in [5.74, 6) is 0.211. The van der Waals surface area contributed by atoms with Crippen LogP contribution in [0.5, 0.6) is 5.75 Å². The van der Waals surface area contributed by atoms with Gasteiger partial charge in [0.05, 0.1) is 6.61 Å². The van der Waals surface area contributed by atoms with E-state index in [-0.39, 0.29) is 18.5 Å². The molecule has 0 unspecified atom stereocenters. The minimum absolute atomic E-state index is 0.0242.